The second-order valence-corrected chi connectivity index (χ2v) is 6.71. The fourth-order valence-corrected chi connectivity index (χ4v) is 3.67. The highest BCUT2D eigenvalue weighted by molar-refractivity contribution is 7.19. The third-order valence-corrected chi connectivity index (χ3v) is 4.18. The number of benzene rings is 1. The van der Waals surface area contributed by atoms with E-state index in [1.165, 1.54) is 15.1 Å². The largest absolute Gasteiger partial charge is 0.312 e. The molecule has 18 heavy (non-hydrogen) atoms. The third kappa shape index (κ3) is 2.57. The van der Waals surface area contributed by atoms with E-state index in [2.05, 4.69) is 33.0 Å². The summed E-state index contributed by atoms with van der Waals surface area (Å²) in [7, 11) is 0. The van der Waals surface area contributed by atoms with Gasteiger partial charge >= 0.3 is 0 Å². The molecule has 0 amide bonds. The van der Waals surface area contributed by atoms with Crippen molar-refractivity contribution in [3.05, 3.63) is 34.5 Å². The van der Waals surface area contributed by atoms with Gasteiger partial charge in [-0.3, -0.25) is 0 Å². The molecule has 0 bridgehead atoms. The first-order valence-electron chi connectivity index (χ1n) is 6.35. The highest BCUT2D eigenvalue weighted by Crippen LogP contribution is 2.39. The Balaban J connectivity index is 2.62. The Labute approximate surface area is 112 Å². The second-order valence-electron chi connectivity index (χ2n) is 5.57. The molecule has 2 rings (SSSR count). The van der Waals surface area contributed by atoms with Crippen LogP contribution in [0.15, 0.2) is 18.2 Å². The van der Waals surface area contributed by atoms with Crippen molar-refractivity contribution in [2.45, 2.75) is 39.7 Å². The summed E-state index contributed by atoms with van der Waals surface area (Å²) in [6, 6.07) is 5.10. The predicted octanol–water partition coefficient (Wildman–Crippen LogP) is 4.45. The van der Waals surface area contributed by atoms with E-state index < -0.39 is 0 Å². The number of rotatable bonds is 3. The van der Waals surface area contributed by atoms with Gasteiger partial charge in [0, 0.05) is 16.1 Å². The lowest BCUT2D eigenvalue weighted by molar-refractivity contribution is 0.584. The summed E-state index contributed by atoms with van der Waals surface area (Å²) in [6.07, 6.45) is 0. The molecule has 0 spiro atoms. The lowest BCUT2D eigenvalue weighted by atomic mass is 9.85. The maximum absolute atomic E-state index is 13.5. The Morgan fingerprint density at radius 2 is 2.00 bits per heavy atom. The van der Waals surface area contributed by atoms with E-state index in [-0.39, 0.29) is 11.2 Å². The van der Waals surface area contributed by atoms with Gasteiger partial charge in [0.05, 0.1) is 0 Å². The van der Waals surface area contributed by atoms with Crippen LogP contribution in [-0.4, -0.2) is 6.54 Å². The van der Waals surface area contributed by atoms with Crippen LogP contribution < -0.4 is 5.32 Å². The van der Waals surface area contributed by atoms with Crippen LogP contribution in [0.2, 0.25) is 0 Å². The van der Waals surface area contributed by atoms with Gasteiger partial charge in [-0.1, -0.05) is 27.7 Å². The number of hydrogen-bond acceptors (Lipinski definition) is 2. The molecule has 0 aliphatic heterocycles. The molecule has 3 heteroatoms. The van der Waals surface area contributed by atoms with Crippen LogP contribution in [0.3, 0.4) is 0 Å². The van der Waals surface area contributed by atoms with E-state index in [1.54, 1.807) is 23.5 Å². The fourth-order valence-electron chi connectivity index (χ4n) is 2.31. The van der Waals surface area contributed by atoms with E-state index in [1.807, 2.05) is 6.07 Å². The Morgan fingerprint density at radius 3 is 2.61 bits per heavy atom. The van der Waals surface area contributed by atoms with Crippen molar-refractivity contribution in [2.24, 2.45) is 0 Å². The van der Waals surface area contributed by atoms with Gasteiger partial charge in [0.2, 0.25) is 0 Å². The maximum Gasteiger partial charge on any atom is 0.123 e. The summed E-state index contributed by atoms with van der Waals surface area (Å²) in [5, 5.41) is 4.44. The summed E-state index contributed by atoms with van der Waals surface area (Å²) in [5.41, 5.74) is 1.32. The normalized spacial score (nSPS) is 12.3. The molecule has 98 valence electrons. The van der Waals surface area contributed by atoms with Gasteiger partial charge in [0.15, 0.2) is 0 Å². The Hall–Kier alpha value is -0.930. The second kappa shape index (κ2) is 4.98. The van der Waals surface area contributed by atoms with Gasteiger partial charge in [-0.2, -0.15) is 0 Å². The van der Waals surface area contributed by atoms with E-state index >= 15 is 0 Å². The van der Waals surface area contributed by atoms with Gasteiger partial charge in [-0.25, -0.2) is 4.39 Å². The minimum Gasteiger partial charge on any atom is -0.312 e. The number of hydrogen-bond donors (Lipinski definition) is 1. The Bertz CT molecular complexity index is 551. The van der Waals surface area contributed by atoms with Crippen LogP contribution in [0, 0.1) is 5.82 Å². The van der Waals surface area contributed by atoms with Gasteiger partial charge in [-0.05, 0) is 41.1 Å². The molecule has 1 nitrogen and oxygen atoms in total. The molecule has 1 aromatic carbocycles. The molecular formula is C15H20FNS. The van der Waals surface area contributed by atoms with Gasteiger partial charge in [0.1, 0.15) is 5.82 Å². The molecule has 1 heterocycles. The van der Waals surface area contributed by atoms with Crippen molar-refractivity contribution >= 4 is 21.4 Å². The van der Waals surface area contributed by atoms with Crippen LogP contribution in [0.1, 0.15) is 38.1 Å². The molecular weight excluding hydrogens is 245 g/mol. The summed E-state index contributed by atoms with van der Waals surface area (Å²) in [6.45, 7) is 10.5. The van der Waals surface area contributed by atoms with Crippen molar-refractivity contribution in [3.63, 3.8) is 0 Å². The number of thiophene rings is 1. The van der Waals surface area contributed by atoms with E-state index in [0.717, 1.165) is 18.5 Å². The first-order chi connectivity index (χ1) is 8.43. The molecule has 1 aromatic heterocycles. The van der Waals surface area contributed by atoms with Crippen LogP contribution in [0.5, 0.6) is 0 Å². The zero-order valence-corrected chi connectivity index (χ0v) is 12.2. The molecule has 0 saturated carbocycles. The van der Waals surface area contributed by atoms with Crippen LogP contribution >= 0.6 is 11.3 Å². The summed E-state index contributed by atoms with van der Waals surface area (Å²) in [4.78, 5) is 1.32. The van der Waals surface area contributed by atoms with Crippen molar-refractivity contribution < 1.29 is 4.39 Å². The average molecular weight is 265 g/mol. The van der Waals surface area contributed by atoms with Gasteiger partial charge in [0.25, 0.3) is 0 Å². The van der Waals surface area contributed by atoms with Crippen molar-refractivity contribution in [3.8, 4) is 0 Å². The smallest absolute Gasteiger partial charge is 0.123 e. The zero-order valence-electron chi connectivity index (χ0n) is 11.4. The SMILES string of the molecule is CCNCc1sc2ccc(F)cc2c1C(C)(C)C. The number of halogens is 1. The monoisotopic (exact) mass is 265 g/mol. The number of fused-ring (bicyclic) bond motifs is 1. The first kappa shape index (κ1) is 13.5. The third-order valence-electron chi connectivity index (χ3n) is 3.01. The summed E-state index contributed by atoms with van der Waals surface area (Å²) < 4.78 is 14.6. The lowest BCUT2D eigenvalue weighted by Gasteiger charge is -2.20. The predicted molar refractivity (Wildman–Crippen MR) is 77.9 cm³/mol. The van der Waals surface area contributed by atoms with Gasteiger partial charge in [-0.15, -0.1) is 11.3 Å². The molecule has 0 atom stereocenters. The van der Waals surface area contributed by atoms with E-state index in [9.17, 15) is 4.39 Å². The molecule has 0 fully saturated rings. The van der Waals surface area contributed by atoms with Crippen molar-refractivity contribution in [1.82, 2.24) is 5.32 Å². The van der Waals surface area contributed by atoms with Crippen LogP contribution in [-0.2, 0) is 12.0 Å². The van der Waals surface area contributed by atoms with E-state index in [4.69, 9.17) is 0 Å². The molecule has 0 radical (unpaired) electrons. The molecule has 0 aliphatic rings. The van der Waals surface area contributed by atoms with Crippen LogP contribution in [0.4, 0.5) is 4.39 Å². The standard InChI is InChI=1S/C15H20FNS/c1-5-17-9-13-14(15(2,3)4)11-8-10(16)6-7-12(11)18-13/h6-8,17H,5,9H2,1-4H3. The summed E-state index contributed by atoms with van der Waals surface area (Å²) >= 11 is 1.77. The molecule has 0 aliphatic carbocycles. The van der Waals surface area contributed by atoms with Crippen molar-refractivity contribution in [1.29, 1.82) is 0 Å². The maximum atomic E-state index is 13.5. The summed E-state index contributed by atoms with van der Waals surface area (Å²) in [5.74, 6) is -0.152. The minimum atomic E-state index is -0.152. The highest BCUT2D eigenvalue weighted by Gasteiger charge is 2.23. The molecule has 0 unspecified atom stereocenters. The topological polar surface area (TPSA) is 12.0 Å². The Morgan fingerprint density at radius 1 is 1.28 bits per heavy atom. The molecule has 1 N–H and O–H groups in total. The number of nitrogens with one attached hydrogen (secondary N) is 1. The average Bonchev–Trinajstić information content (AvgIpc) is 2.63. The Kier molecular flexibility index (Phi) is 3.74. The first-order valence-corrected chi connectivity index (χ1v) is 7.17. The fraction of sp³-hybridized carbons (Fsp3) is 0.467. The van der Waals surface area contributed by atoms with Gasteiger partial charge < -0.3 is 5.32 Å². The lowest BCUT2D eigenvalue weighted by Crippen LogP contribution is -2.17. The van der Waals surface area contributed by atoms with Crippen LogP contribution in [0.25, 0.3) is 10.1 Å². The van der Waals surface area contributed by atoms with Crippen molar-refractivity contribution in [2.75, 3.05) is 6.54 Å². The quantitative estimate of drug-likeness (QED) is 0.864. The minimum absolute atomic E-state index is 0.0385. The highest BCUT2D eigenvalue weighted by atomic mass is 32.1. The zero-order chi connectivity index (χ0) is 13.3. The molecule has 2 aromatic rings. The molecule has 0 saturated heterocycles. The van der Waals surface area contributed by atoms with E-state index in [0.29, 0.717) is 0 Å².